The van der Waals surface area contributed by atoms with Crippen LogP contribution in [0.25, 0.3) is 0 Å². The van der Waals surface area contributed by atoms with Crippen LogP contribution in [0.1, 0.15) is 54.8 Å². The number of hydrogen-bond acceptors (Lipinski definition) is 2. The minimum Gasteiger partial charge on any atom is -0.477 e. The number of nitrogens with zero attached hydrogens (tertiary/aromatic N) is 2. The molecule has 20 heavy (non-hydrogen) atoms. The van der Waals surface area contributed by atoms with Gasteiger partial charge in [-0.15, -0.1) is 0 Å². The maximum Gasteiger partial charge on any atom is 0.354 e. The Morgan fingerprint density at radius 1 is 1.30 bits per heavy atom. The summed E-state index contributed by atoms with van der Waals surface area (Å²) in [6, 6.07) is 0. The lowest BCUT2D eigenvalue weighted by molar-refractivity contribution is -0.0534. The van der Waals surface area contributed by atoms with Gasteiger partial charge in [0.2, 0.25) is 0 Å². The molecule has 4 saturated carbocycles. The summed E-state index contributed by atoms with van der Waals surface area (Å²) in [5.74, 6) is 2.88. The molecule has 0 saturated heterocycles. The lowest BCUT2D eigenvalue weighted by atomic mass is 9.49. The first-order valence-corrected chi connectivity index (χ1v) is 7.78. The number of aromatic carboxylic acids is 1. The molecule has 1 N–H and O–H groups in total. The van der Waals surface area contributed by atoms with Crippen molar-refractivity contribution in [1.82, 2.24) is 9.55 Å². The molecule has 4 bridgehead atoms. The maximum absolute atomic E-state index is 11.1. The van der Waals surface area contributed by atoms with Crippen molar-refractivity contribution in [3.8, 4) is 0 Å². The lowest BCUT2D eigenvalue weighted by Crippen LogP contribution is -2.47. The van der Waals surface area contributed by atoms with Gasteiger partial charge in [0, 0.05) is 13.5 Å². The van der Waals surface area contributed by atoms with Gasteiger partial charge in [0.15, 0.2) is 0 Å². The van der Waals surface area contributed by atoms with Crippen LogP contribution in [0.3, 0.4) is 0 Å². The van der Waals surface area contributed by atoms with E-state index in [2.05, 4.69) is 4.98 Å². The fraction of sp³-hybridized carbons (Fsp3) is 0.750. The van der Waals surface area contributed by atoms with E-state index in [0.717, 1.165) is 30.0 Å². The zero-order valence-electron chi connectivity index (χ0n) is 12.0. The van der Waals surface area contributed by atoms with Crippen LogP contribution in [-0.2, 0) is 13.5 Å². The van der Waals surface area contributed by atoms with Crippen LogP contribution in [0.4, 0.5) is 0 Å². The molecule has 4 aliphatic carbocycles. The van der Waals surface area contributed by atoms with Gasteiger partial charge in [-0.3, -0.25) is 0 Å². The van der Waals surface area contributed by atoms with Crippen LogP contribution in [-0.4, -0.2) is 20.6 Å². The molecule has 0 atom stereocenters. The molecular weight excluding hydrogens is 252 g/mol. The highest BCUT2D eigenvalue weighted by Crippen LogP contribution is 2.60. The van der Waals surface area contributed by atoms with E-state index in [4.69, 9.17) is 5.11 Å². The summed E-state index contributed by atoms with van der Waals surface area (Å²) in [4.78, 5) is 15.5. The summed E-state index contributed by atoms with van der Waals surface area (Å²) >= 11 is 0. The number of hydrogen-bond donors (Lipinski definition) is 1. The maximum atomic E-state index is 11.1. The van der Waals surface area contributed by atoms with Crippen LogP contribution in [0.15, 0.2) is 6.20 Å². The highest BCUT2D eigenvalue weighted by molar-refractivity contribution is 5.85. The van der Waals surface area contributed by atoms with Gasteiger partial charge in [0.1, 0.15) is 11.5 Å². The van der Waals surface area contributed by atoms with E-state index in [1.54, 1.807) is 4.57 Å². The second kappa shape index (κ2) is 4.09. The van der Waals surface area contributed by atoms with E-state index in [-0.39, 0.29) is 0 Å². The van der Waals surface area contributed by atoms with Crippen LogP contribution >= 0.6 is 0 Å². The van der Waals surface area contributed by atoms with Crippen molar-refractivity contribution in [2.45, 2.75) is 44.9 Å². The summed E-state index contributed by atoms with van der Waals surface area (Å²) in [5, 5.41) is 9.15. The summed E-state index contributed by atoms with van der Waals surface area (Å²) in [5.41, 5.74) is 0.730. The zero-order chi connectivity index (χ0) is 13.9. The molecular formula is C16H22N2O2. The van der Waals surface area contributed by atoms with Crippen molar-refractivity contribution in [2.24, 2.45) is 30.2 Å². The number of aromatic nitrogens is 2. The van der Waals surface area contributed by atoms with Crippen LogP contribution < -0.4 is 0 Å². The Hall–Kier alpha value is -1.32. The van der Waals surface area contributed by atoms with Gasteiger partial charge in [-0.2, -0.15) is 0 Å². The summed E-state index contributed by atoms with van der Waals surface area (Å²) < 4.78 is 1.78. The fourth-order valence-corrected chi connectivity index (χ4v) is 5.65. The van der Waals surface area contributed by atoms with Crippen LogP contribution in [0.5, 0.6) is 0 Å². The third kappa shape index (κ3) is 1.80. The first kappa shape index (κ1) is 12.4. The summed E-state index contributed by atoms with van der Waals surface area (Å²) in [6.45, 7) is 0. The third-order valence-corrected chi connectivity index (χ3v) is 6.00. The van der Waals surface area contributed by atoms with Gasteiger partial charge in [0.05, 0.1) is 6.20 Å². The average Bonchev–Trinajstić information content (AvgIpc) is 2.68. The zero-order valence-corrected chi connectivity index (χ0v) is 12.0. The first-order valence-electron chi connectivity index (χ1n) is 7.78. The van der Waals surface area contributed by atoms with Crippen molar-refractivity contribution in [1.29, 1.82) is 0 Å². The number of carboxylic acid groups (broad SMARTS) is 1. The standard InChI is InChI=1S/C16H22N2O2/c1-18-13(15(19)20)9-17-14(18)8-16-5-10-2-11(6-16)4-12(3-10)7-16/h9-12H,2-8H2,1H3,(H,19,20). The van der Waals surface area contributed by atoms with Gasteiger partial charge < -0.3 is 9.67 Å². The second-order valence-electron chi connectivity index (χ2n) is 7.52. The van der Waals surface area contributed by atoms with Gasteiger partial charge in [-0.05, 0) is 61.7 Å². The molecule has 1 aromatic rings. The second-order valence-corrected chi connectivity index (χ2v) is 7.52. The minimum absolute atomic E-state index is 0.310. The lowest BCUT2D eigenvalue weighted by Gasteiger charge is -2.56. The highest BCUT2D eigenvalue weighted by Gasteiger charge is 2.51. The molecule has 1 aromatic heterocycles. The fourth-order valence-electron chi connectivity index (χ4n) is 5.65. The third-order valence-electron chi connectivity index (χ3n) is 6.00. The topological polar surface area (TPSA) is 55.1 Å². The Morgan fingerprint density at radius 3 is 2.30 bits per heavy atom. The molecule has 4 aliphatic rings. The molecule has 4 fully saturated rings. The molecule has 1 heterocycles. The Balaban J connectivity index is 1.61. The van der Waals surface area contributed by atoms with Gasteiger partial charge in [-0.1, -0.05) is 0 Å². The van der Waals surface area contributed by atoms with E-state index < -0.39 is 5.97 Å². The molecule has 0 aromatic carbocycles. The molecule has 4 nitrogen and oxygen atoms in total. The van der Waals surface area contributed by atoms with Crippen molar-refractivity contribution in [3.63, 3.8) is 0 Å². The predicted octanol–water partition coefficient (Wildman–Crippen LogP) is 2.88. The Morgan fingerprint density at radius 2 is 1.85 bits per heavy atom. The Labute approximate surface area is 119 Å². The summed E-state index contributed by atoms with van der Waals surface area (Å²) in [6.07, 6.45) is 10.8. The van der Waals surface area contributed by atoms with Crippen molar-refractivity contribution in [3.05, 3.63) is 17.7 Å². The summed E-state index contributed by atoms with van der Waals surface area (Å²) in [7, 11) is 1.84. The SMILES string of the molecule is Cn1c(C(=O)O)cnc1CC12CC3CC(CC(C3)C1)C2. The quantitative estimate of drug-likeness (QED) is 0.922. The van der Waals surface area contributed by atoms with Crippen molar-refractivity contribution >= 4 is 5.97 Å². The number of carbonyl (C=O) groups is 1. The Bertz CT molecular complexity index is 526. The normalized spacial score (nSPS) is 38.4. The molecule has 108 valence electrons. The van der Waals surface area contributed by atoms with E-state index in [0.29, 0.717) is 11.1 Å². The van der Waals surface area contributed by atoms with Gasteiger partial charge in [-0.25, -0.2) is 9.78 Å². The average molecular weight is 274 g/mol. The molecule has 0 amide bonds. The number of imidazole rings is 1. The van der Waals surface area contributed by atoms with Gasteiger partial charge in [0.25, 0.3) is 0 Å². The predicted molar refractivity (Wildman–Crippen MR) is 74.5 cm³/mol. The minimum atomic E-state index is -0.878. The molecule has 0 radical (unpaired) electrons. The molecule has 0 aliphatic heterocycles. The first-order chi connectivity index (χ1) is 9.55. The van der Waals surface area contributed by atoms with Crippen molar-refractivity contribution in [2.75, 3.05) is 0 Å². The van der Waals surface area contributed by atoms with E-state index >= 15 is 0 Å². The molecule has 0 spiro atoms. The van der Waals surface area contributed by atoms with Crippen LogP contribution in [0, 0.1) is 23.2 Å². The number of carboxylic acids is 1. The van der Waals surface area contributed by atoms with Crippen molar-refractivity contribution < 1.29 is 9.90 Å². The Kier molecular flexibility index (Phi) is 2.54. The van der Waals surface area contributed by atoms with E-state index in [1.807, 2.05) is 7.05 Å². The van der Waals surface area contributed by atoms with E-state index in [9.17, 15) is 4.79 Å². The smallest absolute Gasteiger partial charge is 0.354 e. The molecule has 0 unspecified atom stereocenters. The largest absolute Gasteiger partial charge is 0.477 e. The number of rotatable bonds is 3. The van der Waals surface area contributed by atoms with E-state index in [1.165, 1.54) is 44.7 Å². The molecule has 4 heteroatoms. The van der Waals surface area contributed by atoms with Gasteiger partial charge >= 0.3 is 5.97 Å². The van der Waals surface area contributed by atoms with Crippen LogP contribution in [0.2, 0.25) is 0 Å². The highest BCUT2D eigenvalue weighted by atomic mass is 16.4. The molecule has 5 rings (SSSR count). The monoisotopic (exact) mass is 274 g/mol.